The number of phosphoric acid groups is 1. The van der Waals surface area contributed by atoms with Gasteiger partial charge in [-0.2, -0.15) is 0 Å². The Kier molecular flexibility index (Phi) is 17.8. The minimum atomic E-state index is -4.30. The molecule has 0 saturated carbocycles. The van der Waals surface area contributed by atoms with Crippen molar-refractivity contribution in [1.29, 1.82) is 0 Å². The Balaban J connectivity index is -0.00000144. The predicted octanol–water partition coefficient (Wildman–Crippen LogP) is 1.38. The fraction of sp³-hybridized carbons (Fsp3) is 1.00. The van der Waals surface area contributed by atoms with E-state index >= 15 is 0 Å². The van der Waals surface area contributed by atoms with Gasteiger partial charge in [0.1, 0.15) is 0 Å². The standard InChI is InChI=1S/C13H29O4P.K.H/c1-3-5-7-9-11-13(10-8-6-4-2)12-17-18(14,15)16;;/h13H,3-12H2,1-2H3,(H2,14,15,16);;/q;+1;-1. The molecule has 0 bridgehead atoms. The van der Waals surface area contributed by atoms with Gasteiger partial charge >= 0.3 is 59.2 Å². The Morgan fingerprint density at radius 3 is 1.95 bits per heavy atom. The van der Waals surface area contributed by atoms with Gasteiger partial charge in [-0.1, -0.05) is 58.8 Å². The van der Waals surface area contributed by atoms with Crippen molar-refractivity contribution in [2.75, 3.05) is 6.61 Å². The van der Waals surface area contributed by atoms with E-state index < -0.39 is 7.82 Å². The van der Waals surface area contributed by atoms with Crippen LogP contribution in [-0.2, 0) is 9.09 Å². The van der Waals surface area contributed by atoms with E-state index in [0.29, 0.717) is 5.92 Å². The third-order valence-corrected chi connectivity index (χ3v) is 3.65. The van der Waals surface area contributed by atoms with Gasteiger partial charge < -0.3 is 11.2 Å². The quantitative estimate of drug-likeness (QED) is 0.324. The summed E-state index contributed by atoms with van der Waals surface area (Å²) < 4.78 is 15.4. The van der Waals surface area contributed by atoms with Crippen LogP contribution in [-0.4, -0.2) is 16.4 Å². The fourth-order valence-electron chi connectivity index (χ4n) is 2.06. The molecule has 0 aliphatic heterocycles. The van der Waals surface area contributed by atoms with Gasteiger partial charge in [-0.25, -0.2) is 4.57 Å². The third kappa shape index (κ3) is 17.7. The van der Waals surface area contributed by atoms with Crippen LogP contribution in [0.4, 0.5) is 0 Å². The molecule has 0 aromatic rings. The Morgan fingerprint density at radius 2 is 1.47 bits per heavy atom. The number of unbranched alkanes of at least 4 members (excludes halogenated alkanes) is 5. The molecule has 0 aliphatic rings. The molecule has 0 aromatic carbocycles. The molecule has 19 heavy (non-hydrogen) atoms. The average molecular weight is 320 g/mol. The second-order valence-corrected chi connectivity index (χ2v) is 6.24. The molecule has 1 unspecified atom stereocenters. The summed E-state index contributed by atoms with van der Waals surface area (Å²) in [4.78, 5) is 17.5. The minimum absolute atomic E-state index is 0. The Labute approximate surface area is 162 Å². The van der Waals surface area contributed by atoms with E-state index in [-0.39, 0.29) is 59.4 Å². The first kappa shape index (κ1) is 23.0. The summed E-state index contributed by atoms with van der Waals surface area (Å²) >= 11 is 0. The van der Waals surface area contributed by atoms with Crippen molar-refractivity contribution in [2.45, 2.75) is 71.6 Å². The molecule has 0 radical (unpaired) electrons. The van der Waals surface area contributed by atoms with Crippen molar-refractivity contribution in [3.63, 3.8) is 0 Å². The van der Waals surface area contributed by atoms with Gasteiger partial charge in [0.15, 0.2) is 0 Å². The molecule has 1 atom stereocenters. The molecule has 6 heteroatoms. The van der Waals surface area contributed by atoms with Crippen molar-refractivity contribution >= 4 is 7.82 Å². The molecule has 0 heterocycles. The second-order valence-electron chi connectivity index (χ2n) is 5.00. The van der Waals surface area contributed by atoms with Gasteiger partial charge in [0.2, 0.25) is 0 Å². The Hall–Kier alpha value is 1.75. The molecule has 0 rings (SSSR count). The zero-order valence-corrected chi connectivity index (χ0v) is 16.8. The SMILES string of the molecule is CCCCCCC(CCCCC)COP(=O)(O)O.[H-].[K+]. The topological polar surface area (TPSA) is 66.8 Å². The van der Waals surface area contributed by atoms with Gasteiger partial charge in [-0.3, -0.25) is 4.52 Å². The van der Waals surface area contributed by atoms with Crippen LogP contribution in [0.25, 0.3) is 0 Å². The minimum Gasteiger partial charge on any atom is -1.00 e. The van der Waals surface area contributed by atoms with Crippen LogP contribution in [0.1, 0.15) is 73.1 Å². The van der Waals surface area contributed by atoms with Gasteiger partial charge in [0.25, 0.3) is 0 Å². The first-order chi connectivity index (χ1) is 8.49. The van der Waals surface area contributed by atoms with Gasteiger partial charge in [0.05, 0.1) is 6.61 Å². The van der Waals surface area contributed by atoms with Gasteiger partial charge in [-0.05, 0) is 18.8 Å². The van der Waals surface area contributed by atoms with E-state index in [9.17, 15) is 4.57 Å². The molecule has 0 spiro atoms. The summed E-state index contributed by atoms with van der Waals surface area (Å²) in [7, 11) is -4.30. The Bertz CT molecular complexity index is 238. The maximum atomic E-state index is 10.7. The molecule has 0 amide bonds. The maximum absolute atomic E-state index is 10.7. The molecular formula is C13H30KO4P. The van der Waals surface area contributed by atoms with E-state index in [0.717, 1.165) is 25.7 Å². The molecule has 112 valence electrons. The first-order valence-corrected chi connectivity index (χ1v) is 8.72. The summed E-state index contributed by atoms with van der Waals surface area (Å²) in [5.41, 5.74) is 0. The monoisotopic (exact) mass is 320 g/mol. The molecule has 0 aromatic heterocycles. The molecule has 4 nitrogen and oxygen atoms in total. The molecule has 0 saturated heterocycles. The summed E-state index contributed by atoms with van der Waals surface area (Å²) in [5, 5.41) is 0. The first-order valence-electron chi connectivity index (χ1n) is 7.19. The van der Waals surface area contributed by atoms with Crippen molar-refractivity contribution in [3.8, 4) is 0 Å². The molecular weight excluding hydrogens is 290 g/mol. The largest absolute Gasteiger partial charge is 1.00 e. The smallest absolute Gasteiger partial charge is 1.00 e. The fourth-order valence-corrected chi connectivity index (χ4v) is 2.46. The van der Waals surface area contributed by atoms with Gasteiger partial charge in [-0.15, -0.1) is 0 Å². The number of phosphoric ester groups is 1. The molecule has 0 aliphatic carbocycles. The van der Waals surface area contributed by atoms with E-state index in [4.69, 9.17) is 9.79 Å². The van der Waals surface area contributed by atoms with E-state index in [2.05, 4.69) is 18.4 Å². The predicted molar refractivity (Wildman–Crippen MR) is 75.5 cm³/mol. The van der Waals surface area contributed by atoms with Gasteiger partial charge in [0, 0.05) is 0 Å². The van der Waals surface area contributed by atoms with Crippen molar-refractivity contribution in [2.24, 2.45) is 5.92 Å². The third-order valence-electron chi connectivity index (χ3n) is 3.16. The van der Waals surface area contributed by atoms with Crippen LogP contribution in [0.3, 0.4) is 0 Å². The van der Waals surface area contributed by atoms with Crippen molar-refractivity contribution in [1.82, 2.24) is 0 Å². The zero-order chi connectivity index (χ0) is 13.9. The average Bonchev–Trinajstić information content (AvgIpc) is 2.29. The van der Waals surface area contributed by atoms with Crippen LogP contribution in [0.15, 0.2) is 0 Å². The van der Waals surface area contributed by atoms with Crippen LogP contribution in [0.5, 0.6) is 0 Å². The second kappa shape index (κ2) is 14.7. The summed E-state index contributed by atoms with van der Waals surface area (Å²) in [6, 6.07) is 0. The summed E-state index contributed by atoms with van der Waals surface area (Å²) in [6.07, 6.45) is 10.3. The number of rotatable bonds is 12. The summed E-state index contributed by atoms with van der Waals surface area (Å²) in [5.74, 6) is 0.293. The molecule has 0 fully saturated rings. The van der Waals surface area contributed by atoms with Crippen LogP contribution < -0.4 is 51.4 Å². The number of hydrogen-bond donors (Lipinski definition) is 2. The normalized spacial score (nSPS) is 13.1. The van der Waals surface area contributed by atoms with E-state index in [1.54, 1.807) is 0 Å². The summed E-state index contributed by atoms with van der Waals surface area (Å²) in [6.45, 7) is 4.53. The van der Waals surface area contributed by atoms with Crippen LogP contribution in [0, 0.1) is 5.92 Å². The van der Waals surface area contributed by atoms with Crippen LogP contribution >= 0.6 is 7.82 Å². The zero-order valence-electron chi connectivity index (χ0n) is 13.8. The van der Waals surface area contributed by atoms with E-state index in [1.165, 1.54) is 32.1 Å². The molecule has 2 N–H and O–H groups in total. The van der Waals surface area contributed by atoms with Crippen molar-refractivity contribution in [3.05, 3.63) is 0 Å². The van der Waals surface area contributed by atoms with Crippen LogP contribution in [0.2, 0.25) is 0 Å². The maximum Gasteiger partial charge on any atom is 1.00 e. The van der Waals surface area contributed by atoms with Crippen molar-refractivity contribution < 1.29 is 71.7 Å². The Morgan fingerprint density at radius 1 is 1.00 bits per heavy atom. The van der Waals surface area contributed by atoms with E-state index in [1.807, 2.05) is 0 Å². The number of hydrogen-bond acceptors (Lipinski definition) is 2.